The molecule has 0 aliphatic heterocycles. The van der Waals surface area contributed by atoms with Crippen LogP contribution in [0.3, 0.4) is 0 Å². The van der Waals surface area contributed by atoms with Gasteiger partial charge in [0, 0.05) is 18.3 Å². The maximum atomic E-state index is 11.8. The van der Waals surface area contributed by atoms with Crippen molar-refractivity contribution in [3.8, 4) is 0 Å². The van der Waals surface area contributed by atoms with Gasteiger partial charge in [0.1, 0.15) is 11.5 Å². The van der Waals surface area contributed by atoms with E-state index in [2.05, 4.69) is 15.4 Å². The average Bonchev–Trinajstić information content (AvgIpc) is 3.05. The fourth-order valence-corrected chi connectivity index (χ4v) is 1.86. The second-order valence-electron chi connectivity index (χ2n) is 4.61. The first-order chi connectivity index (χ1) is 9.97. The largest absolute Gasteiger partial charge is 0.451 e. The predicted molar refractivity (Wildman–Crippen MR) is 77.3 cm³/mol. The van der Waals surface area contributed by atoms with Crippen LogP contribution < -0.4 is 5.32 Å². The Morgan fingerprint density at radius 2 is 2.29 bits per heavy atom. The number of amides is 1. The third-order valence-electron chi connectivity index (χ3n) is 2.63. The third kappa shape index (κ3) is 3.85. The number of rotatable bonds is 5. The van der Waals surface area contributed by atoms with E-state index < -0.39 is 18.5 Å². The van der Waals surface area contributed by atoms with Crippen LogP contribution in [0, 0.1) is 0 Å². The zero-order valence-electron chi connectivity index (χ0n) is 11.6. The molecule has 112 valence electrons. The van der Waals surface area contributed by atoms with Crippen molar-refractivity contribution >= 4 is 29.3 Å². The molecule has 2 aromatic rings. The van der Waals surface area contributed by atoms with Crippen LogP contribution in [-0.2, 0) is 9.53 Å². The highest BCUT2D eigenvalue weighted by Gasteiger charge is 2.14. The number of carbonyl (C=O) groups is 2. The molecule has 1 amide bonds. The molecule has 7 nitrogen and oxygen atoms in total. The number of anilines is 1. The van der Waals surface area contributed by atoms with Gasteiger partial charge in [0.15, 0.2) is 6.61 Å². The van der Waals surface area contributed by atoms with Crippen molar-refractivity contribution < 1.29 is 14.3 Å². The third-order valence-corrected chi connectivity index (χ3v) is 2.85. The molecular weight excluding hydrogens is 296 g/mol. The summed E-state index contributed by atoms with van der Waals surface area (Å²) in [6.45, 7) is 3.49. The molecule has 0 radical (unpaired) electrons. The van der Waals surface area contributed by atoms with E-state index in [1.54, 1.807) is 16.9 Å². The van der Waals surface area contributed by atoms with Crippen LogP contribution in [0.1, 0.15) is 30.4 Å². The molecule has 0 bridgehead atoms. The van der Waals surface area contributed by atoms with Crippen molar-refractivity contribution in [1.29, 1.82) is 0 Å². The molecule has 0 aliphatic rings. The molecule has 0 fully saturated rings. The van der Waals surface area contributed by atoms with Crippen LogP contribution in [0.15, 0.2) is 24.5 Å². The van der Waals surface area contributed by atoms with Crippen LogP contribution >= 0.6 is 11.6 Å². The highest BCUT2D eigenvalue weighted by molar-refractivity contribution is 6.30. The van der Waals surface area contributed by atoms with Gasteiger partial charge in [-0.25, -0.2) is 9.48 Å². The normalized spacial score (nSPS) is 10.7. The van der Waals surface area contributed by atoms with Gasteiger partial charge in [-0.2, -0.15) is 5.10 Å². The summed E-state index contributed by atoms with van der Waals surface area (Å²) in [5.74, 6) is -0.535. The molecular formula is C13H15ClN4O3. The molecule has 2 aromatic heterocycles. The molecule has 0 aliphatic carbocycles. The zero-order valence-corrected chi connectivity index (χ0v) is 12.3. The number of halogens is 1. The van der Waals surface area contributed by atoms with E-state index in [9.17, 15) is 9.59 Å². The number of nitrogens with zero attached hydrogens (tertiary/aromatic N) is 2. The summed E-state index contributed by atoms with van der Waals surface area (Å²) in [7, 11) is 0. The van der Waals surface area contributed by atoms with Crippen LogP contribution in [0.5, 0.6) is 0 Å². The smallest absolute Gasteiger partial charge is 0.355 e. The van der Waals surface area contributed by atoms with Crippen molar-refractivity contribution in [1.82, 2.24) is 14.8 Å². The Hall–Kier alpha value is -2.28. The summed E-state index contributed by atoms with van der Waals surface area (Å²) >= 11 is 5.68. The predicted octanol–water partition coefficient (Wildman–Crippen LogP) is 2.24. The van der Waals surface area contributed by atoms with E-state index in [4.69, 9.17) is 16.3 Å². The van der Waals surface area contributed by atoms with Gasteiger partial charge < -0.3 is 15.0 Å². The number of nitrogens with one attached hydrogen (secondary N) is 2. The van der Waals surface area contributed by atoms with Gasteiger partial charge >= 0.3 is 5.97 Å². The maximum Gasteiger partial charge on any atom is 0.355 e. The summed E-state index contributed by atoms with van der Waals surface area (Å²) in [4.78, 5) is 26.0. The number of hydrogen-bond donors (Lipinski definition) is 2. The van der Waals surface area contributed by atoms with E-state index in [0.29, 0.717) is 10.8 Å². The molecule has 2 N–H and O–H groups in total. The van der Waals surface area contributed by atoms with Gasteiger partial charge in [-0.1, -0.05) is 11.6 Å². The topological polar surface area (TPSA) is 89.0 Å². The van der Waals surface area contributed by atoms with Crippen LogP contribution in [0.25, 0.3) is 0 Å². The van der Waals surface area contributed by atoms with E-state index in [1.165, 1.54) is 12.3 Å². The summed E-state index contributed by atoms with van der Waals surface area (Å²) in [5, 5.41) is 7.12. The molecule has 0 spiro atoms. The number of H-pyrrole nitrogens is 1. The van der Waals surface area contributed by atoms with Crippen molar-refractivity contribution in [2.75, 3.05) is 11.9 Å². The maximum absolute atomic E-state index is 11.8. The minimum Gasteiger partial charge on any atom is -0.451 e. The first-order valence-electron chi connectivity index (χ1n) is 6.31. The number of carbonyl (C=O) groups excluding carboxylic acids is 2. The lowest BCUT2D eigenvalue weighted by Gasteiger charge is -2.11. The van der Waals surface area contributed by atoms with E-state index >= 15 is 0 Å². The Morgan fingerprint density at radius 1 is 1.52 bits per heavy atom. The molecule has 21 heavy (non-hydrogen) atoms. The fraction of sp³-hybridized carbons (Fsp3) is 0.308. The summed E-state index contributed by atoms with van der Waals surface area (Å²) < 4.78 is 6.54. The second-order valence-corrected chi connectivity index (χ2v) is 5.05. The first kappa shape index (κ1) is 15.1. The van der Waals surface area contributed by atoms with Crippen LogP contribution in [0.4, 0.5) is 5.82 Å². The Labute approximate surface area is 126 Å². The van der Waals surface area contributed by atoms with Gasteiger partial charge in [0.2, 0.25) is 0 Å². The van der Waals surface area contributed by atoms with Crippen LogP contribution in [-0.4, -0.2) is 33.2 Å². The fourth-order valence-electron chi connectivity index (χ4n) is 1.70. The first-order valence-corrected chi connectivity index (χ1v) is 6.69. The molecule has 0 aromatic carbocycles. The second kappa shape index (κ2) is 6.45. The Morgan fingerprint density at radius 3 is 2.90 bits per heavy atom. The van der Waals surface area contributed by atoms with E-state index in [0.717, 1.165) is 0 Å². The standard InChI is InChI=1S/C13H15ClN4O3/c1-8(2)18-11(3-4-16-18)17-12(19)7-21-13(20)10-5-9(14)6-15-10/h3-6,8,15H,7H2,1-2H3,(H,17,19). The van der Waals surface area contributed by atoms with Crippen molar-refractivity contribution in [2.45, 2.75) is 19.9 Å². The van der Waals surface area contributed by atoms with E-state index in [1.807, 2.05) is 13.8 Å². The van der Waals surface area contributed by atoms with Gasteiger partial charge in [-0.3, -0.25) is 4.79 Å². The molecule has 0 atom stereocenters. The minimum atomic E-state index is -0.644. The Bertz CT molecular complexity index is 647. The summed E-state index contributed by atoms with van der Waals surface area (Å²) in [6.07, 6.45) is 3.04. The average molecular weight is 311 g/mol. The molecule has 2 heterocycles. The van der Waals surface area contributed by atoms with Crippen molar-refractivity contribution in [3.63, 3.8) is 0 Å². The SMILES string of the molecule is CC(C)n1nccc1NC(=O)COC(=O)c1cc(Cl)c[nH]1. The van der Waals surface area contributed by atoms with Crippen LogP contribution in [0.2, 0.25) is 5.02 Å². The quantitative estimate of drug-likeness (QED) is 0.829. The molecule has 2 rings (SSSR count). The minimum absolute atomic E-state index is 0.110. The van der Waals surface area contributed by atoms with Gasteiger partial charge in [-0.15, -0.1) is 0 Å². The number of hydrogen-bond acceptors (Lipinski definition) is 4. The Kier molecular flexibility index (Phi) is 4.64. The zero-order chi connectivity index (χ0) is 15.4. The highest BCUT2D eigenvalue weighted by atomic mass is 35.5. The lowest BCUT2D eigenvalue weighted by Crippen LogP contribution is -2.23. The van der Waals surface area contributed by atoms with Gasteiger partial charge in [-0.05, 0) is 19.9 Å². The lowest BCUT2D eigenvalue weighted by molar-refractivity contribution is -0.119. The summed E-state index contributed by atoms with van der Waals surface area (Å²) in [6, 6.07) is 3.21. The van der Waals surface area contributed by atoms with Gasteiger partial charge in [0.05, 0.1) is 11.2 Å². The van der Waals surface area contributed by atoms with Gasteiger partial charge in [0.25, 0.3) is 5.91 Å². The monoisotopic (exact) mass is 310 g/mol. The molecule has 0 saturated heterocycles. The molecule has 8 heteroatoms. The number of aromatic nitrogens is 3. The van der Waals surface area contributed by atoms with E-state index in [-0.39, 0.29) is 11.7 Å². The highest BCUT2D eigenvalue weighted by Crippen LogP contribution is 2.13. The summed E-state index contributed by atoms with van der Waals surface area (Å²) in [5.41, 5.74) is 0.194. The number of esters is 1. The Balaban J connectivity index is 1.87. The molecule has 0 saturated carbocycles. The molecule has 0 unspecified atom stereocenters. The lowest BCUT2D eigenvalue weighted by atomic mass is 10.4. The number of ether oxygens (including phenoxy) is 1. The van der Waals surface area contributed by atoms with Crippen molar-refractivity contribution in [2.24, 2.45) is 0 Å². The number of aromatic amines is 1. The van der Waals surface area contributed by atoms with Crippen molar-refractivity contribution in [3.05, 3.63) is 35.2 Å².